The van der Waals surface area contributed by atoms with E-state index in [-0.39, 0.29) is 0 Å². The molecule has 0 aromatic carbocycles. The van der Waals surface area contributed by atoms with Crippen LogP contribution in [0.1, 0.15) is 45.4 Å². The van der Waals surface area contributed by atoms with Gasteiger partial charge in [-0.3, -0.25) is 14.5 Å². The summed E-state index contributed by atoms with van der Waals surface area (Å²) in [5.41, 5.74) is 0. The molecule has 2 aliphatic rings. The Morgan fingerprint density at radius 2 is 1.60 bits per heavy atom. The van der Waals surface area contributed by atoms with Crippen molar-refractivity contribution < 1.29 is 19.8 Å². The van der Waals surface area contributed by atoms with Gasteiger partial charge in [0, 0.05) is 12.6 Å². The van der Waals surface area contributed by atoms with Crippen LogP contribution in [-0.2, 0) is 9.59 Å². The average molecular weight is 283 g/mol. The number of carboxylic acid groups (broad SMARTS) is 2. The van der Waals surface area contributed by atoms with Crippen LogP contribution in [0.25, 0.3) is 0 Å². The van der Waals surface area contributed by atoms with E-state index in [1.807, 2.05) is 0 Å². The van der Waals surface area contributed by atoms with Gasteiger partial charge in [0.05, 0.1) is 11.8 Å². The first kappa shape index (κ1) is 15.3. The molecule has 0 amide bonds. The van der Waals surface area contributed by atoms with Crippen molar-refractivity contribution in [3.63, 3.8) is 0 Å². The van der Waals surface area contributed by atoms with Crippen LogP contribution < -0.4 is 0 Å². The third kappa shape index (κ3) is 3.32. The van der Waals surface area contributed by atoms with E-state index in [0.717, 1.165) is 25.3 Å². The van der Waals surface area contributed by atoms with Crippen LogP contribution in [0.5, 0.6) is 0 Å². The number of likely N-dealkylation sites (tertiary alicyclic amines) is 1. The zero-order valence-electron chi connectivity index (χ0n) is 12.1. The molecule has 5 nitrogen and oxygen atoms in total. The van der Waals surface area contributed by atoms with Crippen molar-refractivity contribution in [1.82, 2.24) is 4.90 Å². The van der Waals surface area contributed by atoms with Crippen LogP contribution in [0.3, 0.4) is 0 Å². The van der Waals surface area contributed by atoms with Crippen LogP contribution in [0, 0.1) is 17.8 Å². The molecule has 0 spiro atoms. The fourth-order valence-corrected chi connectivity index (χ4v) is 3.77. The highest BCUT2D eigenvalue weighted by Gasteiger charge is 2.40. The van der Waals surface area contributed by atoms with E-state index < -0.39 is 23.8 Å². The van der Waals surface area contributed by atoms with Crippen molar-refractivity contribution in [3.05, 3.63) is 0 Å². The number of nitrogens with zero attached hydrogens (tertiary/aromatic N) is 1. The first-order chi connectivity index (χ1) is 9.52. The molecule has 2 N–H and O–H groups in total. The Morgan fingerprint density at radius 1 is 1.00 bits per heavy atom. The van der Waals surface area contributed by atoms with Gasteiger partial charge >= 0.3 is 11.9 Å². The van der Waals surface area contributed by atoms with E-state index in [2.05, 4.69) is 11.8 Å². The number of piperidine rings is 1. The molecule has 2 fully saturated rings. The second kappa shape index (κ2) is 6.57. The van der Waals surface area contributed by atoms with E-state index in [4.69, 9.17) is 5.11 Å². The standard InChI is InChI=1S/C15H25NO4/c1-2-10-3-5-11(6-4-10)16-8-7-12(14(17)18)13(9-16)15(19)20/h10-13H,2-9H2,1H3,(H,17,18)(H,19,20). The molecule has 0 aromatic heterocycles. The molecule has 20 heavy (non-hydrogen) atoms. The monoisotopic (exact) mass is 283 g/mol. The van der Waals surface area contributed by atoms with Crippen LogP contribution in [-0.4, -0.2) is 46.2 Å². The van der Waals surface area contributed by atoms with Crippen molar-refractivity contribution in [1.29, 1.82) is 0 Å². The molecule has 0 bridgehead atoms. The number of carbonyl (C=O) groups is 2. The molecule has 0 radical (unpaired) electrons. The highest BCUT2D eigenvalue weighted by molar-refractivity contribution is 5.80. The van der Waals surface area contributed by atoms with Crippen LogP contribution in [0.2, 0.25) is 0 Å². The molecule has 1 saturated carbocycles. The molecule has 2 unspecified atom stereocenters. The Kier molecular flexibility index (Phi) is 5.02. The Bertz CT molecular complexity index is 363. The largest absolute Gasteiger partial charge is 0.481 e. The van der Waals surface area contributed by atoms with Gasteiger partial charge in [-0.25, -0.2) is 0 Å². The minimum absolute atomic E-state index is 0.397. The number of rotatable bonds is 4. The second-order valence-electron chi connectivity index (χ2n) is 6.26. The lowest BCUT2D eigenvalue weighted by molar-refractivity contribution is -0.157. The lowest BCUT2D eigenvalue weighted by Crippen LogP contribution is -2.50. The maximum Gasteiger partial charge on any atom is 0.308 e. The topological polar surface area (TPSA) is 77.8 Å². The van der Waals surface area contributed by atoms with E-state index in [9.17, 15) is 14.7 Å². The third-order valence-corrected chi connectivity index (χ3v) is 5.19. The van der Waals surface area contributed by atoms with E-state index >= 15 is 0 Å². The Balaban J connectivity index is 1.95. The van der Waals surface area contributed by atoms with Gasteiger partial charge in [-0.15, -0.1) is 0 Å². The summed E-state index contributed by atoms with van der Waals surface area (Å²) in [6.07, 6.45) is 6.38. The number of hydrogen-bond donors (Lipinski definition) is 2. The summed E-state index contributed by atoms with van der Waals surface area (Å²) in [5.74, 6) is -2.60. The smallest absolute Gasteiger partial charge is 0.308 e. The molecule has 1 saturated heterocycles. The van der Waals surface area contributed by atoms with Crippen LogP contribution in [0.15, 0.2) is 0 Å². The normalized spacial score (nSPS) is 35.6. The van der Waals surface area contributed by atoms with Crippen LogP contribution in [0.4, 0.5) is 0 Å². The number of aliphatic carboxylic acids is 2. The molecule has 1 heterocycles. The van der Waals surface area contributed by atoms with Gasteiger partial charge in [-0.1, -0.05) is 13.3 Å². The molecule has 0 aromatic rings. The quantitative estimate of drug-likeness (QED) is 0.825. The fraction of sp³-hybridized carbons (Fsp3) is 0.867. The van der Waals surface area contributed by atoms with Gasteiger partial charge < -0.3 is 10.2 Å². The van der Waals surface area contributed by atoms with Crippen molar-refractivity contribution >= 4 is 11.9 Å². The Labute approximate surface area is 120 Å². The molecular weight excluding hydrogens is 258 g/mol. The molecule has 1 aliphatic heterocycles. The van der Waals surface area contributed by atoms with Crippen molar-refractivity contribution in [2.45, 2.75) is 51.5 Å². The predicted molar refractivity (Wildman–Crippen MR) is 74.5 cm³/mol. The van der Waals surface area contributed by atoms with Gasteiger partial charge in [-0.05, 0) is 44.6 Å². The molecule has 5 heteroatoms. The first-order valence-corrected chi connectivity index (χ1v) is 7.72. The summed E-state index contributed by atoms with van der Waals surface area (Å²) in [6, 6.07) is 0.453. The van der Waals surface area contributed by atoms with E-state index in [1.54, 1.807) is 0 Å². The summed E-state index contributed by atoms with van der Waals surface area (Å²) < 4.78 is 0. The van der Waals surface area contributed by atoms with Crippen molar-refractivity contribution in [2.75, 3.05) is 13.1 Å². The van der Waals surface area contributed by atoms with Gasteiger partial charge in [-0.2, -0.15) is 0 Å². The molecular formula is C15H25NO4. The maximum absolute atomic E-state index is 11.3. The molecule has 1 aliphatic carbocycles. The van der Waals surface area contributed by atoms with E-state index in [1.165, 1.54) is 19.3 Å². The highest BCUT2D eigenvalue weighted by Crippen LogP contribution is 2.33. The minimum Gasteiger partial charge on any atom is -0.481 e. The Hall–Kier alpha value is -1.10. The average Bonchev–Trinajstić information content (AvgIpc) is 2.46. The lowest BCUT2D eigenvalue weighted by Gasteiger charge is -2.42. The van der Waals surface area contributed by atoms with Gasteiger partial charge in [0.1, 0.15) is 0 Å². The van der Waals surface area contributed by atoms with Gasteiger partial charge in [0.2, 0.25) is 0 Å². The summed E-state index contributed by atoms with van der Waals surface area (Å²) in [4.78, 5) is 24.7. The predicted octanol–water partition coefficient (Wildman–Crippen LogP) is 2.06. The van der Waals surface area contributed by atoms with Gasteiger partial charge in [0.25, 0.3) is 0 Å². The number of carboxylic acids is 2. The minimum atomic E-state index is -0.968. The van der Waals surface area contributed by atoms with Gasteiger partial charge in [0.15, 0.2) is 0 Å². The zero-order chi connectivity index (χ0) is 14.7. The first-order valence-electron chi connectivity index (χ1n) is 7.72. The SMILES string of the molecule is CCC1CCC(N2CCC(C(=O)O)C(C(=O)O)C2)CC1. The third-order valence-electron chi connectivity index (χ3n) is 5.19. The Morgan fingerprint density at radius 3 is 2.10 bits per heavy atom. The molecule has 2 atom stereocenters. The lowest BCUT2D eigenvalue weighted by atomic mass is 9.80. The zero-order valence-corrected chi connectivity index (χ0v) is 12.1. The second-order valence-corrected chi connectivity index (χ2v) is 6.26. The molecule has 114 valence electrons. The highest BCUT2D eigenvalue weighted by atomic mass is 16.4. The molecule has 2 rings (SSSR count). The van der Waals surface area contributed by atoms with Crippen molar-refractivity contribution in [2.24, 2.45) is 17.8 Å². The summed E-state index contributed by atoms with van der Waals surface area (Å²) >= 11 is 0. The summed E-state index contributed by atoms with van der Waals surface area (Å²) in [7, 11) is 0. The summed E-state index contributed by atoms with van der Waals surface area (Å²) in [6.45, 7) is 3.35. The maximum atomic E-state index is 11.3. The summed E-state index contributed by atoms with van der Waals surface area (Å²) in [5, 5.41) is 18.4. The van der Waals surface area contributed by atoms with Crippen LogP contribution >= 0.6 is 0 Å². The number of hydrogen-bond acceptors (Lipinski definition) is 3. The fourth-order valence-electron chi connectivity index (χ4n) is 3.77. The van der Waals surface area contributed by atoms with E-state index in [0.29, 0.717) is 19.0 Å². The van der Waals surface area contributed by atoms with Crippen molar-refractivity contribution in [3.8, 4) is 0 Å².